The van der Waals surface area contributed by atoms with E-state index in [0.717, 1.165) is 24.4 Å². The second-order valence-electron chi connectivity index (χ2n) is 5.49. The first kappa shape index (κ1) is 16.5. The molecule has 2 rings (SSSR count). The first-order valence-corrected chi connectivity index (χ1v) is 7.74. The van der Waals surface area contributed by atoms with Crippen molar-refractivity contribution in [2.75, 3.05) is 13.7 Å². The lowest BCUT2D eigenvalue weighted by atomic mass is 10.0. The molecule has 0 aromatic heterocycles. The van der Waals surface area contributed by atoms with E-state index in [-0.39, 0.29) is 6.61 Å². The maximum atomic E-state index is 9.12. The molecule has 0 saturated carbocycles. The standard InChI is InChI=1S/C19H25NO2/c1-4-20(13-16-8-10-17(14-21)11-9-16)15(2)18-6-5-7-19(12-18)22-3/h5-12,15,21H,4,13-14H2,1-3H3. The molecule has 0 radical (unpaired) electrons. The molecular weight excluding hydrogens is 274 g/mol. The molecule has 0 aliphatic heterocycles. The quantitative estimate of drug-likeness (QED) is 0.844. The van der Waals surface area contributed by atoms with Crippen LogP contribution in [0.1, 0.15) is 36.6 Å². The Morgan fingerprint density at radius 2 is 1.77 bits per heavy atom. The zero-order chi connectivity index (χ0) is 15.9. The van der Waals surface area contributed by atoms with Gasteiger partial charge in [0.15, 0.2) is 0 Å². The number of rotatable bonds is 7. The summed E-state index contributed by atoms with van der Waals surface area (Å²) < 4.78 is 5.32. The second-order valence-corrected chi connectivity index (χ2v) is 5.49. The lowest BCUT2D eigenvalue weighted by Gasteiger charge is -2.28. The van der Waals surface area contributed by atoms with Crippen LogP contribution in [-0.2, 0) is 13.2 Å². The fraction of sp³-hybridized carbons (Fsp3) is 0.368. The highest BCUT2D eigenvalue weighted by Crippen LogP contribution is 2.25. The Balaban J connectivity index is 2.11. The Labute approximate surface area is 133 Å². The molecular formula is C19H25NO2. The normalized spacial score (nSPS) is 12.4. The van der Waals surface area contributed by atoms with Crippen LogP contribution in [0.25, 0.3) is 0 Å². The van der Waals surface area contributed by atoms with Gasteiger partial charge >= 0.3 is 0 Å². The molecule has 3 nitrogen and oxygen atoms in total. The summed E-state index contributed by atoms with van der Waals surface area (Å²) in [6.45, 7) is 6.36. The van der Waals surface area contributed by atoms with Gasteiger partial charge in [-0.15, -0.1) is 0 Å². The molecule has 3 heteroatoms. The topological polar surface area (TPSA) is 32.7 Å². The van der Waals surface area contributed by atoms with Crippen LogP contribution in [0.3, 0.4) is 0 Å². The summed E-state index contributed by atoms with van der Waals surface area (Å²) in [6.07, 6.45) is 0. The van der Waals surface area contributed by atoms with Gasteiger partial charge in [-0.05, 0) is 42.3 Å². The molecule has 0 aliphatic carbocycles. The van der Waals surface area contributed by atoms with Gasteiger partial charge in [-0.3, -0.25) is 4.90 Å². The van der Waals surface area contributed by atoms with E-state index >= 15 is 0 Å². The fourth-order valence-electron chi connectivity index (χ4n) is 2.62. The van der Waals surface area contributed by atoms with Crippen LogP contribution in [0.2, 0.25) is 0 Å². The number of hydrogen-bond donors (Lipinski definition) is 1. The SMILES string of the molecule is CCN(Cc1ccc(CO)cc1)C(C)c1cccc(OC)c1. The van der Waals surface area contributed by atoms with Crippen LogP contribution in [0.15, 0.2) is 48.5 Å². The van der Waals surface area contributed by atoms with Crippen LogP contribution in [0.5, 0.6) is 5.75 Å². The van der Waals surface area contributed by atoms with E-state index in [2.05, 4.69) is 43.0 Å². The van der Waals surface area contributed by atoms with Crippen LogP contribution < -0.4 is 4.74 Å². The number of ether oxygens (including phenoxy) is 1. The summed E-state index contributed by atoms with van der Waals surface area (Å²) in [5.41, 5.74) is 3.47. The first-order chi connectivity index (χ1) is 10.7. The van der Waals surface area contributed by atoms with Crippen LogP contribution in [-0.4, -0.2) is 23.7 Å². The summed E-state index contributed by atoms with van der Waals surface area (Å²) in [4.78, 5) is 2.42. The predicted molar refractivity (Wildman–Crippen MR) is 89.9 cm³/mol. The monoisotopic (exact) mass is 299 g/mol. The average Bonchev–Trinajstić information content (AvgIpc) is 2.59. The molecule has 0 fully saturated rings. The van der Waals surface area contributed by atoms with Crippen molar-refractivity contribution < 1.29 is 9.84 Å². The minimum atomic E-state index is 0.0952. The fourth-order valence-corrected chi connectivity index (χ4v) is 2.62. The van der Waals surface area contributed by atoms with Gasteiger partial charge in [0.2, 0.25) is 0 Å². The van der Waals surface area contributed by atoms with Crippen molar-refractivity contribution in [3.8, 4) is 5.75 Å². The van der Waals surface area contributed by atoms with Crippen LogP contribution in [0, 0.1) is 0 Å². The Hall–Kier alpha value is -1.84. The van der Waals surface area contributed by atoms with Crippen molar-refractivity contribution in [2.24, 2.45) is 0 Å². The largest absolute Gasteiger partial charge is 0.497 e. The van der Waals surface area contributed by atoms with E-state index in [1.807, 2.05) is 24.3 Å². The van der Waals surface area contributed by atoms with E-state index < -0.39 is 0 Å². The smallest absolute Gasteiger partial charge is 0.119 e. The number of benzene rings is 2. The van der Waals surface area contributed by atoms with Gasteiger partial charge < -0.3 is 9.84 Å². The lowest BCUT2D eigenvalue weighted by Crippen LogP contribution is -2.26. The third-order valence-corrected chi connectivity index (χ3v) is 4.12. The maximum Gasteiger partial charge on any atom is 0.119 e. The highest BCUT2D eigenvalue weighted by molar-refractivity contribution is 5.30. The highest BCUT2D eigenvalue weighted by atomic mass is 16.5. The Morgan fingerprint density at radius 3 is 2.36 bits per heavy atom. The zero-order valence-corrected chi connectivity index (χ0v) is 13.6. The van der Waals surface area contributed by atoms with Crippen molar-refractivity contribution in [1.82, 2.24) is 4.90 Å². The summed E-state index contributed by atoms with van der Waals surface area (Å²) >= 11 is 0. The minimum absolute atomic E-state index is 0.0952. The third-order valence-electron chi connectivity index (χ3n) is 4.12. The molecule has 0 spiro atoms. The minimum Gasteiger partial charge on any atom is -0.497 e. The van der Waals surface area contributed by atoms with Crippen LogP contribution in [0.4, 0.5) is 0 Å². The molecule has 0 bridgehead atoms. The van der Waals surface area contributed by atoms with E-state index in [9.17, 15) is 0 Å². The van der Waals surface area contributed by atoms with Gasteiger partial charge in [0.25, 0.3) is 0 Å². The molecule has 0 saturated heterocycles. The van der Waals surface area contributed by atoms with E-state index in [1.165, 1.54) is 11.1 Å². The van der Waals surface area contributed by atoms with Crippen LogP contribution >= 0.6 is 0 Å². The van der Waals surface area contributed by atoms with Crippen molar-refractivity contribution in [3.05, 3.63) is 65.2 Å². The van der Waals surface area contributed by atoms with Crippen molar-refractivity contribution in [2.45, 2.75) is 33.0 Å². The number of hydrogen-bond acceptors (Lipinski definition) is 3. The van der Waals surface area contributed by atoms with Crippen molar-refractivity contribution in [3.63, 3.8) is 0 Å². The number of methoxy groups -OCH3 is 1. The number of aliphatic hydroxyl groups is 1. The van der Waals surface area contributed by atoms with E-state index in [4.69, 9.17) is 9.84 Å². The first-order valence-electron chi connectivity index (χ1n) is 7.74. The molecule has 1 N–H and O–H groups in total. The second kappa shape index (κ2) is 7.97. The molecule has 22 heavy (non-hydrogen) atoms. The Kier molecular flexibility index (Phi) is 5.99. The van der Waals surface area contributed by atoms with Gasteiger partial charge in [-0.1, -0.05) is 43.3 Å². The molecule has 0 aliphatic rings. The number of nitrogens with zero attached hydrogens (tertiary/aromatic N) is 1. The molecule has 0 amide bonds. The van der Waals surface area contributed by atoms with E-state index in [0.29, 0.717) is 6.04 Å². The highest BCUT2D eigenvalue weighted by Gasteiger charge is 2.15. The summed E-state index contributed by atoms with van der Waals surface area (Å²) in [6, 6.07) is 16.7. The van der Waals surface area contributed by atoms with Crippen molar-refractivity contribution >= 4 is 0 Å². The predicted octanol–water partition coefficient (Wildman–Crippen LogP) is 3.77. The average molecular weight is 299 g/mol. The zero-order valence-electron chi connectivity index (χ0n) is 13.6. The molecule has 1 unspecified atom stereocenters. The summed E-state index contributed by atoms with van der Waals surface area (Å²) in [7, 11) is 1.70. The molecule has 0 heterocycles. The van der Waals surface area contributed by atoms with Gasteiger partial charge in [0.1, 0.15) is 5.75 Å². The molecule has 2 aromatic carbocycles. The van der Waals surface area contributed by atoms with Gasteiger partial charge in [-0.2, -0.15) is 0 Å². The summed E-state index contributed by atoms with van der Waals surface area (Å²) in [5.74, 6) is 0.896. The Bertz CT molecular complexity index is 580. The molecule has 2 aromatic rings. The third kappa shape index (κ3) is 4.09. The summed E-state index contributed by atoms with van der Waals surface area (Å²) in [5, 5.41) is 9.12. The van der Waals surface area contributed by atoms with Gasteiger partial charge in [0.05, 0.1) is 13.7 Å². The van der Waals surface area contributed by atoms with Crippen molar-refractivity contribution in [1.29, 1.82) is 0 Å². The van der Waals surface area contributed by atoms with E-state index in [1.54, 1.807) is 7.11 Å². The number of aliphatic hydroxyl groups excluding tert-OH is 1. The van der Waals surface area contributed by atoms with Gasteiger partial charge in [0, 0.05) is 12.6 Å². The molecule has 1 atom stereocenters. The lowest BCUT2D eigenvalue weighted by molar-refractivity contribution is 0.212. The Morgan fingerprint density at radius 1 is 1.09 bits per heavy atom. The molecule has 118 valence electrons. The van der Waals surface area contributed by atoms with Gasteiger partial charge in [-0.25, -0.2) is 0 Å². The maximum absolute atomic E-state index is 9.12.